The summed E-state index contributed by atoms with van der Waals surface area (Å²) >= 11 is 0. The fraction of sp³-hybridized carbons (Fsp3) is 0.143. The number of hydrogen-bond acceptors (Lipinski definition) is 4. The molecule has 0 amide bonds. The fourth-order valence-corrected chi connectivity index (χ4v) is 3.69. The van der Waals surface area contributed by atoms with Crippen LogP contribution in [0.1, 0.15) is 5.56 Å². The van der Waals surface area contributed by atoms with Crippen molar-refractivity contribution in [2.75, 3.05) is 11.0 Å². The van der Waals surface area contributed by atoms with Crippen LogP contribution in [-0.2, 0) is 19.9 Å². The first-order chi connectivity index (χ1) is 10.1. The molecule has 0 fully saturated rings. The molecule has 0 unspecified atom stereocenters. The molecule has 0 aliphatic heterocycles. The molecule has 2 rings (SSSR count). The van der Waals surface area contributed by atoms with Gasteiger partial charge in [0, 0.05) is 6.26 Å². The largest absolute Gasteiger partial charge is 0.279 e. The van der Waals surface area contributed by atoms with E-state index in [9.17, 15) is 21.2 Å². The predicted molar refractivity (Wildman–Crippen MR) is 81.5 cm³/mol. The summed E-state index contributed by atoms with van der Waals surface area (Å²) in [5.74, 6) is -0.576. The maximum absolute atomic E-state index is 13.2. The van der Waals surface area contributed by atoms with Gasteiger partial charge >= 0.3 is 0 Å². The van der Waals surface area contributed by atoms with E-state index >= 15 is 0 Å². The van der Waals surface area contributed by atoms with E-state index in [1.165, 1.54) is 30.3 Å². The topological polar surface area (TPSA) is 80.3 Å². The monoisotopic (exact) mass is 343 g/mol. The van der Waals surface area contributed by atoms with Crippen LogP contribution in [0.2, 0.25) is 0 Å². The molecule has 5 nitrogen and oxygen atoms in total. The van der Waals surface area contributed by atoms with Crippen molar-refractivity contribution in [3.63, 3.8) is 0 Å². The Balaban J connectivity index is 2.45. The first-order valence-electron chi connectivity index (χ1n) is 6.19. The van der Waals surface area contributed by atoms with Gasteiger partial charge in [0.1, 0.15) is 5.82 Å². The molecule has 1 N–H and O–H groups in total. The Morgan fingerprint density at radius 1 is 0.955 bits per heavy atom. The molecule has 0 aliphatic carbocycles. The molecule has 0 saturated heterocycles. The summed E-state index contributed by atoms with van der Waals surface area (Å²) in [5.41, 5.74) is 0.647. The van der Waals surface area contributed by atoms with Crippen molar-refractivity contribution < 1.29 is 21.2 Å². The van der Waals surface area contributed by atoms with Gasteiger partial charge in [-0.1, -0.05) is 12.1 Å². The van der Waals surface area contributed by atoms with Gasteiger partial charge in [-0.3, -0.25) is 4.72 Å². The average Bonchev–Trinajstić information content (AvgIpc) is 2.42. The molecule has 0 aromatic heterocycles. The zero-order chi connectivity index (χ0) is 16.5. The highest BCUT2D eigenvalue weighted by Crippen LogP contribution is 2.22. The molecule has 0 heterocycles. The van der Waals surface area contributed by atoms with Gasteiger partial charge in [-0.2, -0.15) is 0 Å². The van der Waals surface area contributed by atoms with E-state index in [1.807, 2.05) is 0 Å². The van der Waals surface area contributed by atoms with Gasteiger partial charge in [0.25, 0.3) is 10.0 Å². The third-order valence-corrected chi connectivity index (χ3v) is 5.46. The molecule has 0 saturated carbocycles. The van der Waals surface area contributed by atoms with Crippen molar-refractivity contribution in [3.05, 3.63) is 53.8 Å². The van der Waals surface area contributed by atoms with Crippen molar-refractivity contribution in [2.24, 2.45) is 0 Å². The van der Waals surface area contributed by atoms with E-state index in [4.69, 9.17) is 0 Å². The lowest BCUT2D eigenvalue weighted by Crippen LogP contribution is -2.14. The maximum Gasteiger partial charge on any atom is 0.261 e. The number of rotatable bonds is 4. The molecule has 0 radical (unpaired) electrons. The Bertz CT molecular complexity index is 922. The number of halogens is 1. The Morgan fingerprint density at radius 3 is 2.23 bits per heavy atom. The molecular weight excluding hydrogens is 329 g/mol. The first kappa shape index (κ1) is 16.4. The fourth-order valence-electron chi connectivity index (χ4n) is 1.78. The molecule has 0 aliphatic rings. The highest BCUT2D eigenvalue weighted by molar-refractivity contribution is 7.93. The number of benzene rings is 2. The molecule has 2 aromatic rings. The second-order valence-electron chi connectivity index (χ2n) is 4.81. The lowest BCUT2D eigenvalue weighted by molar-refractivity contribution is 0.599. The van der Waals surface area contributed by atoms with Crippen LogP contribution in [0, 0.1) is 12.7 Å². The van der Waals surface area contributed by atoms with Crippen LogP contribution < -0.4 is 4.72 Å². The first-order valence-corrected chi connectivity index (χ1v) is 9.56. The number of nitrogens with one attached hydrogen (secondary N) is 1. The van der Waals surface area contributed by atoms with Crippen LogP contribution in [0.4, 0.5) is 10.1 Å². The molecular formula is C14H14FNO4S2. The molecule has 0 bridgehead atoms. The lowest BCUT2D eigenvalue weighted by atomic mass is 10.2. The molecule has 118 valence electrons. The minimum atomic E-state index is -4.02. The highest BCUT2D eigenvalue weighted by Gasteiger charge is 2.18. The summed E-state index contributed by atoms with van der Waals surface area (Å²) in [6.07, 6.45) is 0.989. The Morgan fingerprint density at radius 2 is 1.59 bits per heavy atom. The average molecular weight is 343 g/mol. The standard InChI is InChI=1S/C14H14FNO4S2/c1-10-6-7-11(15)8-14(10)16-22(19,20)13-5-3-4-12(9-13)21(2,17)18/h3-9,16H,1-2H3. The molecule has 22 heavy (non-hydrogen) atoms. The summed E-state index contributed by atoms with van der Waals surface area (Å²) in [7, 11) is -7.54. The van der Waals surface area contributed by atoms with Crippen molar-refractivity contribution in [1.82, 2.24) is 0 Å². The summed E-state index contributed by atoms with van der Waals surface area (Å²) in [6, 6.07) is 8.70. The maximum atomic E-state index is 13.2. The third-order valence-electron chi connectivity index (χ3n) is 2.99. The lowest BCUT2D eigenvalue weighted by Gasteiger charge is -2.11. The van der Waals surface area contributed by atoms with E-state index in [-0.39, 0.29) is 15.5 Å². The second kappa shape index (κ2) is 5.69. The normalized spacial score (nSPS) is 12.1. The number of aryl methyl sites for hydroxylation is 1. The molecule has 2 aromatic carbocycles. The van der Waals surface area contributed by atoms with Crippen LogP contribution in [0.15, 0.2) is 52.3 Å². The van der Waals surface area contributed by atoms with Gasteiger partial charge in [0.05, 0.1) is 15.5 Å². The van der Waals surface area contributed by atoms with Gasteiger partial charge in [-0.05, 0) is 42.8 Å². The zero-order valence-electron chi connectivity index (χ0n) is 11.9. The van der Waals surface area contributed by atoms with Crippen molar-refractivity contribution in [2.45, 2.75) is 16.7 Å². The SMILES string of the molecule is Cc1ccc(F)cc1NS(=O)(=O)c1cccc(S(C)(=O)=O)c1. The van der Waals surface area contributed by atoms with Gasteiger partial charge in [0.2, 0.25) is 0 Å². The Kier molecular flexibility index (Phi) is 4.25. The summed E-state index contributed by atoms with van der Waals surface area (Å²) in [6.45, 7) is 1.63. The van der Waals surface area contributed by atoms with E-state index in [0.29, 0.717) is 5.56 Å². The van der Waals surface area contributed by atoms with Crippen molar-refractivity contribution >= 4 is 25.5 Å². The summed E-state index contributed by atoms with van der Waals surface area (Å²) in [4.78, 5) is -0.314. The van der Waals surface area contributed by atoms with E-state index in [2.05, 4.69) is 4.72 Å². The van der Waals surface area contributed by atoms with Crippen LogP contribution in [0.25, 0.3) is 0 Å². The quantitative estimate of drug-likeness (QED) is 0.924. The minimum absolute atomic E-state index is 0.102. The van der Waals surface area contributed by atoms with Crippen molar-refractivity contribution in [3.8, 4) is 0 Å². The van der Waals surface area contributed by atoms with Crippen LogP contribution in [-0.4, -0.2) is 23.1 Å². The van der Waals surface area contributed by atoms with Crippen LogP contribution >= 0.6 is 0 Å². The number of sulfone groups is 1. The Labute approximate surface area is 128 Å². The van der Waals surface area contributed by atoms with Crippen LogP contribution in [0.3, 0.4) is 0 Å². The summed E-state index contributed by atoms with van der Waals surface area (Å²) < 4.78 is 63.1. The van der Waals surface area contributed by atoms with E-state index < -0.39 is 25.7 Å². The molecule has 0 atom stereocenters. The predicted octanol–water partition coefficient (Wildman–Crippen LogP) is 2.34. The number of anilines is 1. The second-order valence-corrected chi connectivity index (χ2v) is 8.51. The minimum Gasteiger partial charge on any atom is -0.279 e. The molecule has 0 spiro atoms. The molecule has 8 heteroatoms. The third kappa shape index (κ3) is 3.63. The van der Waals surface area contributed by atoms with Crippen molar-refractivity contribution in [1.29, 1.82) is 0 Å². The zero-order valence-corrected chi connectivity index (χ0v) is 13.5. The number of sulfonamides is 1. The van der Waals surface area contributed by atoms with Gasteiger partial charge in [-0.15, -0.1) is 0 Å². The van der Waals surface area contributed by atoms with Gasteiger partial charge in [-0.25, -0.2) is 21.2 Å². The summed E-state index contributed by atoms with van der Waals surface area (Å²) in [5, 5.41) is 0. The highest BCUT2D eigenvalue weighted by atomic mass is 32.2. The number of hydrogen-bond donors (Lipinski definition) is 1. The Hall–Kier alpha value is -1.93. The smallest absolute Gasteiger partial charge is 0.261 e. The van der Waals surface area contributed by atoms with E-state index in [0.717, 1.165) is 18.4 Å². The van der Waals surface area contributed by atoms with Crippen LogP contribution in [0.5, 0.6) is 0 Å². The van der Waals surface area contributed by atoms with E-state index in [1.54, 1.807) is 6.92 Å². The van der Waals surface area contributed by atoms with Gasteiger partial charge in [0.15, 0.2) is 9.84 Å². The van der Waals surface area contributed by atoms with Gasteiger partial charge < -0.3 is 0 Å².